The maximum atomic E-state index is 2.55. The van der Waals surface area contributed by atoms with E-state index in [-0.39, 0.29) is 5.41 Å². The van der Waals surface area contributed by atoms with Crippen LogP contribution in [0.1, 0.15) is 47.2 Å². The average molecular weight is 765 g/mol. The fraction of sp³-hybridized carbons (Fsp3) is 0.0690. The Morgan fingerprint density at radius 1 is 0.383 bits per heavy atom. The van der Waals surface area contributed by atoms with Crippen molar-refractivity contribution in [2.45, 2.75) is 24.7 Å². The lowest BCUT2D eigenvalue weighted by molar-refractivity contribution is 0.660. The smallest absolute Gasteiger partial charge is 0.0754 e. The molecule has 282 valence electrons. The second kappa shape index (κ2) is 12.1. The summed E-state index contributed by atoms with van der Waals surface area (Å²) in [6.45, 7) is 4.69. The number of nitrogens with zero attached hydrogens (tertiary/aromatic N) is 2. The minimum Gasteiger partial charge on any atom is -0.310 e. The third-order valence-electron chi connectivity index (χ3n) is 14.0. The molecule has 0 atom stereocenters. The molecule has 0 N–H and O–H groups in total. The third kappa shape index (κ3) is 4.22. The van der Waals surface area contributed by atoms with E-state index < -0.39 is 5.41 Å². The summed E-state index contributed by atoms with van der Waals surface area (Å²) in [5, 5.41) is 2.57. The molecule has 1 aromatic heterocycles. The van der Waals surface area contributed by atoms with Crippen molar-refractivity contribution >= 4 is 38.9 Å². The Balaban J connectivity index is 1.02. The van der Waals surface area contributed by atoms with Crippen LogP contribution in [0.3, 0.4) is 0 Å². The van der Waals surface area contributed by atoms with Gasteiger partial charge in [-0.1, -0.05) is 172 Å². The SMILES string of the molecule is CC1(C)c2ccccc2-c2cc(N(c3ccccc3)c3ccc(-c4ccc5c6c4c4ccccc4n6-c4ccccc4C54c5ccccc5-c5ccccc54)cc3)ccc21. The topological polar surface area (TPSA) is 8.17 Å². The molecule has 9 aromatic carbocycles. The average Bonchev–Trinajstić information content (AvgIpc) is 3.89. The molecule has 0 amide bonds. The normalized spacial score (nSPS) is 14.4. The van der Waals surface area contributed by atoms with Gasteiger partial charge in [0, 0.05) is 33.2 Å². The van der Waals surface area contributed by atoms with Crippen molar-refractivity contribution in [3.63, 3.8) is 0 Å². The zero-order valence-corrected chi connectivity index (χ0v) is 33.5. The number of anilines is 3. The predicted molar refractivity (Wildman–Crippen MR) is 249 cm³/mol. The van der Waals surface area contributed by atoms with E-state index in [4.69, 9.17) is 0 Å². The van der Waals surface area contributed by atoms with Gasteiger partial charge in [-0.3, -0.25) is 0 Å². The van der Waals surface area contributed by atoms with Gasteiger partial charge < -0.3 is 9.47 Å². The highest BCUT2D eigenvalue weighted by Gasteiger charge is 2.50. The molecule has 0 radical (unpaired) electrons. The minimum absolute atomic E-state index is 0.0413. The molecule has 0 saturated heterocycles. The summed E-state index contributed by atoms with van der Waals surface area (Å²) < 4.78 is 2.55. The maximum absolute atomic E-state index is 2.55. The summed E-state index contributed by atoms with van der Waals surface area (Å²) in [5.41, 5.74) is 22.6. The van der Waals surface area contributed by atoms with Crippen molar-refractivity contribution in [1.82, 2.24) is 4.57 Å². The highest BCUT2D eigenvalue weighted by molar-refractivity contribution is 6.18. The first-order valence-corrected chi connectivity index (χ1v) is 21.1. The number of hydrogen-bond donors (Lipinski definition) is 0. The lowest BCUT2D eigenvalue weighted by Crippen LogP contribution is -2.33. The second-order valence-electron chi connectivity index (χ2n) is 17.2. The Hall–Kier alpha value is -7.42. The van der Waals surface area contributed by atoms with Crippen LogP contribution >= 0.6 is 0 Å². The maximum Gasteiger partial charge on any atom is 0.0754 e. The molecular formula is C58H40N2. The van der Waals surface area contributed by atoms with Gasteiger partial charge in [-0.05, 0) is 115 Å². The molecule has 0 saturated carbocycles. The lowest BCUT2D eigenvalue weighted by Gasteiger charge is -2.39. The Morgan fingerprint density at radius 2 is 0.917 bits per heavy atom. The molecule has 2 nitrogen and oxygen atoms in total. The Morgan fingerprint density at radius 3 is 1.65 bits per heavy atom. The quantitative estimate of drug-likeness (QED) is 0.173. The Labute approximate surface area is 350 Å². The predicted octanol–water partition coefficient (Wildman–Crippen LogP) is 14.9. The van der Waals surface area contributed by atoms with Crippen LogP contribution in [0.25, 0.3) is 60.9 Å². The van der Waals surface area contributed by atoms with Crippen LogP contribution in [0.4, 0.5) is 17.1 Å². The van der Waals surface area contributed by atoms with Crippen molar-refractivity contribution in [1.29, 1.82) is 0 Å². The van der Waals surface area contributed by atoms with E-state index in [2.05, 4.69) is 230 Å². The van der Waals surface area contributed by atoms with Crippen molar-refractivity contribution in [3.05, 3.63) is 240 Å². The standard InChI is InChI=1S/C58H40N2/c1-57(2)47-22-10-6-20-44(47)46-36-40(32-34-48(46)57)59(38-16-4-3-5-17-38)39-30-28-37(29-31-39)41-33-35-52-56-55(41)45-21-9-14-26-53(45)60(56)54-27-15-13-25-51(54)58(52)49-23-11-7-18-42(49)43-19-8-12-24-50(43)58/h3-36H,1-2H3. The van der Waals surface area contributed by atoms with E-state index in [1.165, 1.54) is 94.3 Å². The van der Waals surface area contributed by atoms with Crippen LogP contribution in [0.5, 0.6) is 0 Å². The van der Waals surface area contributed by atoms with E-state index in [9.17, 15) is 0 Å². The first-order valence-electron chi connectivity index (χ1n) is 21.1. The van der Waals surface area contributed by atoms with E-state index >= 15 is 0 Å². The summed E-state index contributed by atoms with van der Waals surface area (Å²) in [4.78, 5) is 2.40. The molecule has 1 spiro atoms. The van der Waals surface area contributed by atoms with Crippen molar-refractivity contribution in [2.24, 2.45) is 0 Å². The van der Waals surface area contributed by atoms with Crippen LogP contribution in [0.15, 0.2) is 206 Å². The van der Waals surface area contributed by atoms with E-state index in [0.717, 1.165) is 17.1 Å². The van der Waals surface area contributed by atoms with Crippen LogP contribution in [-0.2, 0) is 10.8 Å². The van der Waals surface area contributed by atoms with Crippen LogP contribution < -0.4 is 4.90 Å². The lowest BCUT2D eigenvalue weighted by atomic mass is 9.65. The zero-order chi connectivity index (χ0) is 39.7. The highest BCUT2D eigenvalue weighted by atomic mass is 15.1. The van der Waals surface area contributed by atoms with Gasteiger partial charge in [-0.25, -0.2) is 0 Å². The molecule has 0 unspecified atom stereocenters. The summed E-state index contributed by atoms with van der Waals surface area (Å²) in [6.07, 6.45) is 0. The molecule has 2 heteroatoms. The van der Waals surface area contributed by atoms with Crippen LogP contribution in [0.2, 0.25) is 0 Å². The molecule has 0 bridgehead atoms. The van der Waals surface area contributed by atoms with Gasteiger partial charge in [-0.15, -0.1) is 0 Å². The third-order valence-corrected chi connectivity index (χ3v) is 14.0. The van der Waals surface area contributed by atoms with Gasteiger partial charge in [0.1, 0.15) is 0 Å². The highest BCUT2D eigenvalue weighted by Crippen LogP contribution is 2.61. The Bertz CT molecular complexity index is 3360. The second-order valence-corrected chi connectivity index (χ2v) is 17.2. The van der Waals surface area contributed by atoms with E-state index in [0.29, 0.717) is 0 Å². The minimum atomic E-state index is -0.448. The number of rotatable bonds is 4. The van der Waals surface area contributed by atoms with Crippen LogP contribution in [0, 0.1) is 0 Å². The molecule has 2 aliphatic carbocycles. The number of para-hydroxylation sites is 3. The molecule has 1 aliphatic heterocycles. The van der Waals surface area contributed by atoms with Gasteiger partial charge >= 0.3 is 0 Å². The Kier molecular flexibility index (Phi) is 6.74. The van der Waals surface area contributed by atoms with Gasteiger partial charge in [0.15, 0.2) is 0 Å². The molecule has 60 heavy (non-hydrogen) atoms. The molecule has 13 rings (SSSR count). The van der Waals surface area contributed by atoms with Crippen molar-refractivity contribution < 1.29 is 0 Å². The largest absolute Gasteiger partial charge is 0.310 e. The summed E-state index contributed by atoms with van der Waals surface area (Å²) in [7, 11) is 0. The first kappa shape index (κ1) is 33.5. The van der Waals surface area contributed by atoms with Gasteiger partial charge in [0.2, 0.25) is 0 Å². The molecular weight excluding hydrogens is 725 g/mol. The number of aromatic nitrogens is 1. The monoisotopic (exact) mass is 764 g/mol. The molecule has 0 fully saturated rings. The van der Waals surface area contributed by atoms with Gasteiger partial charge in [0.25, 0.3) is 0 Å². The molecule has 10 aromatic rings. The zero-order valence-electron chi connectivity index (χ0n) is 33.5. The van der Waals surface area contributed by atoms with Gasteiger partial charge in [0.05, 0.1) is 22.1 Å². The summed E-state index contributed by atoms with van der Waals surface area (Å²) in [6, 6.07) is 77.1. The molecule has 3 aliphatic rings. The summed E-state index contributed by atoms with van der Waals surface area (Å²) in [5.74, 6) is 0. The van der Waals surface area contributed by atoms with Crippen molar-refractivity contribution in [3.8, 4) is 39.1 Å². The fourth-order valence-corrected chi connectivity index (χ4v) is 11.5. The summed E-state index contributed by atoms with van der Waals surface area (Å²) >= 11 is 0. The first-order chi connectivity index (χ1) is 29.5. The van der Waals surface area contributed by atoms with E-state index in [1.54, 1.807) is 0 Å². The fourth-order valence-electron chi connectivity index (χ4n) is 11.5. The van der Waals surface area contributed by atoms with E-state index in [1.807, 2.05) is 0 Å². The van der Waals surface area contributed by atoms with Gasteiger partial charge in [-0.2, -0.15) is 0 Å². The molecule has 2 heterocycles. The van der Waals surface area contributed by atoms with Crippen molar-refractivity contribution in [2.75, 3.05) is 4.90 Å². The number of benzene rings is 9. The number of hydrogen-bond acceptors (Lipinski definition) is 1. The number of fused-ring (bicyclic) bond motifs is 15. The van der Waals surface area contributed by atoms with Crippen LogP contribution in [-0.4, -0.2) is 4.57 Å².